The van der Waals surface area contributed by atoms with E-state index in [4.69, 9.17) is 95.4 Å². The molecule has 0 spiro atoms. The van der Waals surface area contributed by atoms with E-state index in [-0.39, 0.29) is 57.0 Å². The van der Waals surface area contributed by atoms with Crippen molar-refractivity contribution in [1.29, 1.82) is 0 Å². The predicted octanol–water partition coefficient (Wildman–Crippen LogP) is 17.3. The number of pyridine rings is 2. The molecule has 6 aromatic carbocycles. The van der Waals surface area contributed by atoms with E-state index in [2.05, 4.69) is 24.9 Å². The molecule has 0 bridgehead atoms. The van der Waals surface area contributed by atoms with Gasteiger partial charge < -0.3 is 14.2 Å². The number of amides is 6. The summed E-state index contributed by atoms with van der Waals surface area (Å²) in [4.78, 5) is 94.2. The second kappa shape index (κ2) is 30.6. The number of carbonyl (C=O) groups is 6. The summed E-state index contributed by atoms with van der Waals surface area (Å²) in [5.74, 6) is -14.9. The Hall–Kier alpha value is -8.28. The number of nitrogens with one attached hydrogen (secondary N) is 3. The zero-order valence-electron chi connectivity index (χ0n) is 48.1. The van der Waals surface area contributed by atoms with Crippen molar-refractivity contribution in [1.82, 2.24) is 40.9 Å². The van der Waals surface area contributed by atoms with Crippen LogP contribution < -0.4 is 30.2 Å². The van der Waals surface area contributed by atoms with Gasteiger partial charge in [-0.2, -0.15) is 0 Å². The van der Waals surface area contributed by atoms with Crippen LogP contribution in [0.3, 0.4) is 0 Å². The number of thiazole rings is 3. The molecule has 0 saturated carbocycles. The summed E-state index contributed by atoms with van der Waals surface area (Å²) in [6, 6.07) is 23.8. The number of benzene rings is 6. The first-order valence-corrected chi connectivity index (χ1v) is 31.8. The topological polar surface area (TPSA) is 231 Å². The zero-order valence-corrected chi connectivity index (χ0v) is 55.9. The van der Waals surface area contributed by atoms with E-state index in [1.807, 2.05) is 22.0 Å². The van der Waals surface area contributed by atoms with Crippen molar-refractivity contribution >= 4 is 181 Å². The fraction of sp³-hybridized carbons (Fsp3) is 0.113. The van der Waals surface area contributed by atoms with Gasteiger partial charge in [-0.05, 0) is 103 Å². The van der Waals surface area contributed by atoms with E-state index in [0.29, 0.717) is 46.6 Å². The van der Waals surface area contributed by atoms with Crippen molar-refractivity contribution in [2.45, 2.75) is 40.6 Å². The third kappa shape index (κ3) is 17.2. The Morgan fingerprint density at radius 1 is 0.432 bits per heavy atom. The summed E-state index contributed by atoms with van der Waals surface area (Å²) in [7, 11) is 0. The number of carbonyl (C=O) groups excluding carboxylic acids is 6. The number of ether oxygens (including phenoxy) is 3. The lowest BCUT2D eigenvalue weighted by molar-refractivity contribution is -0.127. The van der Waals surface area contributed by atoms with Crippen molar-refractivity contribution in [3.63, 3.8) is 0 Å². The molecule has 488 valence electrons. The van der Waals surface area contributed by atoms with E-state index in [1.54, 1.807) is 69.3 Å². The maximum absolute atomic E-state index is 14.9. The molecule has 0 aliphatic heterocycles. The molecule has 0 unspecified atom stereocenters. The molecule has 0 aliphatic carbocycles. The molecule has 0 radical (unpaired) electrons. The highest BCUT2D eigenvalue weighted by atomic mass is 35.5. The van der Waals surface area contributed by atoms with Gasteiger partial charge in [0.2, 0.25) is 5.91 Å². The number of hydrogen-bond acceptors (Lipinski definition) is 17. The molecule has 17 nitrogen and oxygen atoms in total. The molecular formula is C62H37Cl7F6N8O9S3. The standard InChI is InChI=1S/2C21H10Cl3F2N3O3S.C20H17ClF2N2O3S/c22-9-1-4-14-12(7-9)28-15(33-14)8-32-13-3-2-11(25)16(18(13)26)21(31)29-20(30)10-5-6-27-19(24)17(10)23;22-9-1-4-14-12(7-9)28-15(33-14)8-32-13-3-2-11(25)17(18(13)26)21(31)29-20(30)16-10(23)5-6-27-19(16)24;1-20(2,3)19(27)25-18(26)16-11(22)5-6-13(17(16)23)28-9-15-24-12-8-10(21)4-7-14(12)29-15/h2*1-7H,8H2,(H,29,30,31);4-8H,9H2,1-3H3,(H,25,26,27). The van der Waals surface area contributed by atoms with E-state index >= 15 is 0 Å². The monoisotopic (exact) mass is 1490 g/mol. The lowest BCUT2D eigenvalue weighted by Gasteiger charge is -2.17. The minimum atomic E-state index is -1.34. The van der Waals surface area contributed by atoms with Crippen LogP contribution >= 0.6 is 115 Å². The van der Waals surface area contributed by atoms with E-state index in [1.165, 1.54) is 58.5 Å². The number of fused-ring (bicyclic) bond motifs is 3. The van der Waals surface area contributed by atoms with Crippen LogP contribution in [-0.2, 0) is 24.6 Å². The van der Waals surface area contributed by atoms with Gasteiger partial charge in [-0.15, -0.1) is 34.0 Å². The summed E-state index contributed by atoms with van der Waals surface area (Å²) >= 11 is 45.2. The fourth-order valence-corrected chi connectivity index (χ4v) is 12.0. The Balaban J connectivity index is 0.000000168. The third-order valence-corrected chi connectivity index (χ3v) is 17.7. The third-order valence-electron chi connectivity index (χ3n) is 12.6. The van der Waals surface area contributed by atoms with Gasteiger partial charge in [-0.25, -0.2) is 51.3 Å². The Labute approximate surface area is 579 Å². The van der Waals surface area contributed by atoms with Gasteiger partial charge in [0.15, 0.2) is 34.7 Å². The summed E-state index contributed by atoms with van der Waals surface area (Å²) in [6.07, 6.45) is 2.45. The largest absolute Gasteiger partial charge is 0.483 e. The SMILES string of the molecule is CC(C)(C)C(=O)NC(=O)c1c(F)ccc(OCc2nc3cc(Cl)ccc3s2)c1F.O=C(NC(=O)c1c(F)ccc(OCc2nc3cc(Cl)ccc3s2)c1F)c1c(Cl)ccnc1Cl.O=C(NC(=O)c1c(F)ccc(OCc2nc3cc(Cl)ccc3s2)c1F)c1ccnc(Cl)c1Cl. The molecule has 0 fully saturated rings. The van der Waals surface area contributed by atoms with Gasteiger partial charge >= 0.3 is 0 Å². The van der Waals surface area contributed by atoms with Gasteiger partial charge in [-0.3, -0.25) is 44.7 Å². The number of aromatic nitrogens is 5. The van der Waals surface area contributed by atoms with Gasteiger partial charge in [0.1, 0.15) is 79.3 Å². The summed E-state index contributed by atoms with van der Waals surface area (Å²) in [5, 5.41) is 8.16. The molecule has 33 heteroatoms. The predicted molar refractivity (Wildman–Crippen MR) is 350 cm³/mol. The van der Waals surface area contributed by atoms with Crippen molar-refractivity contribution in [3.05, 3.63) is 229 Å². The first-order chi connectivity index (χ1) is 45.0. The minimum absolute atomic E-state index is 0.0818. The Bertz CT molecular complexity index is 4870. The van der Waals surface area contributed by atoms with Gasteiger partial charge in [0.05, 0.1) is 51.8 Å². The van der Waals surface area contributed by atoms with Crippen LogP contribution in [0, 0.1) is 40.3 Å². The molecule has 0 atom stereocenters. The normalized spacial score (nSPS) is 11.1. The molecule has 95 heavy (non-hydrogen) atoms. The minimum Gasteiger partial charge on any atom is -0.483 e. The van der Waals surface area contributed by atoms with Crippen LogP contribution in [0.2, 0.25) is 35.4 Å². The highest BCUT2D eigenvalue weighted by Crippen LogP contribution is 2.33. The van der Waals surface area contributed by atoms with Crippen LogP contribution in [0.4, 0.5) is 26.3 Å². The molecule has 0 saturated heterocycles. The number of nitrogens with zero attached hydrogens (tertiary/aromatic N) is 5. The zero-order chi connectivity index (χ0) is 68.7. The van der Waals surface area contributed by atoms with Gasteiger partial charge in [0, 0.05) is 32.9 Å². The lowest BCUT2D eigenvalue weighted by atomic mass is 9.95. The van der Waals surface area contributed by atoms with E-state index in [9.17, 15) is 55.1 Å². The number of halogens is 13. The first-order valence-electron chi connectivity index (χ1n) is 26.7. The second-order valence-electron chi connectivity index (χ2n) is 20.3. The molecule has 5 aromatic heterocycles. The van der Waals surface area contributed by atoms with Crippen LogP contribution in [-0.4, -0.2) is 60.4 Å². The average Bonchev–Trinajstić information content (AvgIpc) is 1.89. The van der Waals surface area contributed by atoms with Crippen molar-refractivity contribution in [2.24, 2.45) is 5.41 Å². The lowest BCUT2D eigenvalue weighted by Crippen LogP contribution is -2.39. The van der Waals surface area contributed by atoms with Crippen LogP contribution in [0.1, 0.15) is 87.6 Å². The Morgan fingerprint density at radius 2 is 0.779 bits per heavy atom. The summed E-state index contributed by atoms with van der Waals surface area (Å²) in [6.45, 7) is 4.37. The number of imide groups is 3. The molecule has 6 amide bonds. The van der Waals surface area contributed by atoms with Crippen molar-refractivity contribution in [3.8, 4) is 17.2 Å². The molecule has 0 aliphatic rings. The Kier molecular flexibility index (Phi) is 22.9. The maximum Gasteiger partial charge on any atom is 0.264 e. The highest BCUT2D eigenvalue weighted by molar-refractivity contribution is 7.19. The van der Waals surface area contributed by atoms with Crippen molar-refractivity contribution < 1.29 is 69.3 Å². The molecule has 3 N–H and O–H groups in total. The quantitative estimate of drug-likeness (QED) is 0.0522. The molecular weight excluding hydrogens is 1460 g/mol. The van der Waals surface area contributed by atoms with Crippen molar-refractivity contribution in [2.75, 3.05) is 0 Å². The maximum atomic E-state index is 14.9. The van der Waals surface area contributed by atoms with Crippen LogP contribution in [0.25, 0.3) is 30.6 Å². The average molecular weight is 1500 g/mol. The smallest absolute Gasteiger partial charge is 0.264 e. The molecule has 5 heterocycles. The highest BCUT2D eigenvalue weighted by Gasteiger charge is 2.30. The van der Waals surface area contributed by atoms with E-state index in [0.717, 1.165) is 50.5 Å². The number of hydrogen-bond donors (Lipinski definition) is 3. The summed E-state index contributed by atoms with van der Waals surface area (Å²) in [5.41, 5.74) is -2.28. The first kappa shape index (κ1) is 71.0. The molecule has 11 aromatic rings. The van der Waals surface area contributed by atoms with E-state index < -0.39 is 104 Å². The Morgan fingerprint density at radius 3 is 1.16 bits per heavy atom. The second-order valence-corrected chi connectivity index (χ2v) is 26.4. The molecule has 11 rings (SSSR count). The fourth-order valence-electron chi connectivity index (χ4n) is 8.03. The summed E-state index contributed by atoms with van der Waals surface area (Å²) < 4.78 is 106. The van der Waals surface area contributed by atoms with Gasteiger partial charge in [-0.1, -0.05) is 102 Å². The van der Waals surface area contributed by atoms with Crippen LogP contribution in [0.5, 0.6) is 17.2 Å². The number of rotatable bonds is 14. The van der Waals surface area contributed by atoms with Gasteiger partial charge in [0.25, 0.3) is 29.5 Å². The van der Waals surface area contributed by atoms with Crippen LogP contribution in [0.15, 0.2) is 116 Å².